The van der Waals surface area contributed by atoms with Gasteiger partial charge in [0.15, 0.2) is 0 Å². The first-order chi connectivity index (χ1) is 9.16. The number of unbranched alkanes of at least 4 members (excludes halogenated alkanes) is 1. The van der Waals surface area contributed by atoms with Crippen LogP contribution in [-0.4, -0.2) is 34.6 Å². The normalized spacial score (nSPS) is 11.3. The Labute approximate surface area is 113 Å². The smallest absolute Gasteiger partial charge is 0.303 e. The molecule has 4 heteroatoms. The highest BCUT2D eigenvalue weighted by Crippen LogP contribution is 2.18. The van der Waals surface area contributed by atoms with Gasteiger partial charge in [0, 0.05) is 30.1 Å². The Hall–Kier alpha value is -1.81. The summed E-state index contributed by atoms with van der Waals surface area (Å²) in [5.41, 5.74) is 2.45. The first kappa shape index (κ1) is 13.6. The maximum atomic E-state index is 10.4. The molecule has 0 radical (unpaired) electrons. The van der Waals surface area contributed by atoms with Gasteiger partial charge < -0.3 is 15.0 Å². The summed E-state index contributed by atoms with van der Waals surface area (Å²) in [5.74, 6) is -0.709. The number of nitrogens with one attached hydrogen (secondary N) is 1. The van der Waals surface area contributed by atoms with Gasteiger partial charge in [0.1, 0.15) is 0 Å². The zero-order chi connectivity index (χ0) is 13.7. The maximum Gasteiger partial charge on any atom is 0.303 e. The number of carboxylic acids is 1. The highest BCUT2D eigenvalue weighted by Gasteiger charge is 2.06. The van der Waals surface area contributed by atoms with Crippen molar-refractivity contribution in [2.45, 2.75) is 25.8 Å². The van der Waals surface area contributed by atoms with Crippen molar-refractivity contribution in [3.63, 3.8) is 0 Å². The van der Waals surface area contributed by atoms with E-state index in [4.69, 9.17) is 5.11 Å². The van der Waals surface area contributed by atoms with Crippen LogP contribution in [0.25, 0.3) is 10.9 Å². The van der Waals surface area contributed by atoms with Gasteiger partial charge in [-0.15, -0.1) is 0 Å². The van der Waals surface area contributed by atoms with Crippen molar-refractivity contribution in [2.24, 2.45) is 0 Å². The molecule has 0 unspecified atom stereocenters. The van der Waals surface area contributed by atoms with Gasteiger partial charge in [0.2, 0.25) is 0 Å². The van der Waals surface area contributed by atoms with E-state index in [0.717, 1.165) is 31.4 Å². The molecule has 0 atom stereocenters. The summed E-state index contributed by atoms with van der Waals surface area (Å²) in [7, 11) is 2.07. The molecular formula is C15H20N2O2. The Morgan fingerprint density at radius 1 is 1.32 bits per heavy atom. The number of nitrogens with zero attached hydrogens (tertiary/aromatic N) is 1. The van der Waals surface area contributed by atoms with Crippen molar-refractivity contribution in [3.05, 3.63) is 36.0 Å². The third-order valence-electron chi connectivity index (χ3n) is 3.30. The predicted octanol–water partition coefficient (Wildman–Crippen LogP) is 2.85. The fraction of sp³-hybridized carbons (Fsp3) is 0.400. The molecule has 0 aliphatic rings. The van der Waals surface area contributed by atoms with E-state index >= 15 is 0 Å². The predicted molar refractivity (Wildman–Crippen MR) is 76.1 cm³/mol. The molecule has 4 nitrogen and oxygen atoms in total. The summed E-state index contributed by atoms with van der Waals surface area (Å²) in [6.45, 7) is 1.81. The number of aliphatic carboxylic acids is 1. The molecule has 0 saturated heterocycles. The van der Waals surface area contributed by atoms with Gasteiger partial charge in [0.05, 0.1) is 0 Å². The van der Waals surface area contributed by atoms with Crippen LogP contribution in [0.5, 0.6) is 0 Å². The number of aromatic nitrogens is 1. The van der Waals surface area contributed by atoms with Gasteiger partial charge in [-0.3, -0.25) is 4.79 Å². The highest BCUT2D eigenvalue weighted by atomic mass is 16.4. The molecule has 0 saturated carbocycles. The van der Waals surface area contributed by atoms with Gasteiger partial charge in [-0.05, 0) is 38.1 Å². The summed E-state index contributed by atoms with van der Waals surface area (Å²) in [4.78, 5) is 15.9. The molecule has 0 spiro atoms. The van der Waals surface area contributed by atoms with Crippen molar-refractivity contribution in [3.8, 4) is 0 Å². The van der Waals surface area contributed by atoms with Crippen LogP contribution in [0.15, 0.2) is 30.5 Å². The van der Waals surface area contributed by atoms with E-state index in [9.17, 15) is 4.79 Å². The lowest BCUT2D eigenvalue weighted by Crippen LogP contribution is -2.19. The lowest BCUT2D eigenvalue weighted by Gasteiger charge is -2.15. The topological polar surface area (TPSA) is 56.3 Å². The molecule has 0 aliphatic carbocycles. The molecule has 2 rings (SSSR count). The SMILES string of the molecule is CN(CCCCC(=O)O)Cc1c[nH]c2ccccc12. The van der Waals surface area contributed by atoms with Crippen molar-refractivity contribution in [1.82, 2.24) is 9.88 Å². The molecule has 19 heavy (non-hydrogen) atoms. The number of carbonyl (C=O) groups is 1. The number of carboxylic acid groups (broad SMARTS) is 1. The number of aromatic amines is 1. The minimum atomic E-state index is -0.709. The van der Waals surface area contributed by atoms with Crippen LogP contribution in [0, 0.1) is 0 Å². The van der Waals surface area contributed by atoms with Gasteiger partial charge in [-0.1, -0.05) is 18.2 Å². The number of rotatable bonds is 7. The zero-order valence-corrected chi connectivity index (χ0v) is 11.2. The second-order valence-corrected chi connectivity index (χ2v) is 4.95. The molecule has 0 bridgehead atoms. The van der Waals surface area contributed by atoms with Crippen molar-refractivity contribution in [2.75, 3.05) is 13.6 Å². The van der Waals surface area contributed by atoms with Crippen molar-refractivity contribution >= 4 is 16.9 Å². The van der Waals surface area contributed by atoms with Crippen LogP contribution in [-0.2, 0) is 11.3 Å². The first-order valence-electron chi connectivity index (χ1n) is 6.62. The Morgan fingerprint density at radius 2 is 2.11 bits per heavy atom. The van der Waals surface area contributed by atoms with Crippen molar-refractivity contribution < 1.29 is 9.90 Å². The Bertz CT molecular complexity index is 548. The largest absolute Gasteiger partial charge is 0.481 e. The Kier molecular flexibility index (Phi) is 4.58. The highest BCUT2D eigenvalue weighted by molar-refractivity contribution is 5.82. The second-order valence-electron chi connectivity index (χ2n) is 4.95. The lowest BCUT2D eigenvalue weighted by molar-refractivity contribution is -0.137. The van der Waals surface area contributed by atoms with Crippen LogP contribution in [0.4, 0.5) is 0 Å². The molecule has 0 amide bonds. The maximum absolute atomic E-state index is 10.4. The average molecular weight is 260 g/mol. The van der Waals surface area contributed by atoms with Crippen molar-refractivity contribution in [1.29, 1.82) is 0 Å². The number of benzene rings is 1. The van der Waals surface area contributed by atoms with E-state index in [1.165, 1.54) is 10.9 Å². The number of para-hydroxylation sites is 1. The summed E-state index contributed by atoms with van der Waals surface area (Å²) >= 11 is 0. The lowest BCUT2D eigenvalue weighted by atomic mass is 10.1. The van der Waals surface area contributed by atoms with Crippen LogP contribution in [0.1, 0.15) is 24.8 Å². The molecule has 2 N–H and O–H groups in total. The minimum absolute atomic E-state index is 0.265. The van der Waals surface area contributed by atoms with Crippen LogP contribution >= 0.6 is 0 Å². The molecule has 102 valence electrons. The molecule has 1 aromatic heterocycles. The Morgan fingerprint density at radius 3 is 2.89 bits per heavy atom. The van der Waals surface area contributed by atoms with E-state index in [-0.39, 0.29) is 6.42 Å². The van der Waals surface area contributed by atoms with Gasteiger partial charge in [-0.2, -0.15) is 0 Å². The first-order valence-corrected chi connectivity index (χ1v) is 6.62. The van der Waals surface area contributed by atoms with E-state index in [2.05, 4.69) is 35.3 Å². The molecule has 0 fully saturated rings. The standard InChI is InChI=1S/C15H20N2O2/c1-17(9-5-4-8-15(18)19)11-12-10-16-14-7-3-2-6-13(12)14/h2-3,6-7,10,16H,4-5,8-9,11H2,1H3,(H,18,19). The van der Waals surface area contributed by atoms with Crippen LogP contribution < -0.4 is 0 Å². The average Bonchev–Trinajstić information content (AvgIpc) is 2.78. The van der Waals surface area contributed by atoms with Crippen LogP contribution in [0.2, 0.25) is 0 Å². The molecule has 0 aliphatic heterocycles. The number of hydrogen-bond acceptors (Lipinski definition) is 2. The van der Waals surface area contributed by atoms with E-state index in [1.807, 2.05) is 12.1 Å². The Balaban J connectivity index is 1.85. The fourth-order valence-corrected chi connectivity index (χ4v) is 2.29. The van der Waals surface area contributed by atoms with Gasteiger partial charge in [-0.25, -0.2) is 0 Å². The quantitative estimate of drug-likeness (QED) is 0.753. The van der Waals surface area contributed by atoms with E-state index < -0.39 is 5.97 Å². The third kappa shape index (κ3) is 3.83. The monoisotopic (exact) mass is 260 g/mol. The van der Waals surface area contributed by atoms with E-state index in [0.29, 0.717) is 0 Å². The fourth-order valence-electron chi connectivity index (χ4n) is 2.29. The summed E-state index contributed by atoms with van der Waals surface area (Å²) in [6.07, 6.45) is 3.98. The molecule has 1 aromatic carbocycles. The molecule has 1 heterocycles. The number of hydrogen-bond donors (Lipinski definition) is 2. The summed E-state index contributed by atoms with van der Waals surface area (Å²) in [5, 5.41) is 9.85. The zero-order valence-electron chi connectivity index (χ0n) is 11.2. The minimum Gasteiger partial charge on any atom is -0.481 e. The molecular weight excluding hydrogens is 240 g/mol. The summed E-state index contributed by atoms with van der Waals surface area (Å²) in [6, 6.07) is 8.27. The van der Waals surface area contributed by atoms with Gasteiger partial charge in [0.25, 0.3) is 0 Å². The molecule has 2 aromatic rings. The number of H-pyrrole nitrogens is 1. The van der Waals surface area contributed by atoms with Gasteiger partial charge >= 0.3 is 5.97 Å². The third-order valence-corrected chi connectivity index (χ3v) is 3.30. The summed E-state index contributed by atoms with van der Waals surface area (Å²) < 4.78 is 0. The van der Waals surface area contributed by atoms with E-state index in [1.54, 1.807) is 0 Å². The second kappa shape index (κ2) is 6.38. The van der Waals surface area contributed by atoms with Crippen LogP contribution in [0.3, 0.4) is 0 Å². The number of fused-ring (bicyclic) bond motifs is 1.